The van der Waals surface area contributed by atoms with E-state index >= 15 is 0 Å². The molecular weight excluding hydrogens is 352 g/mol. The first kappa shape index (κ1) is 16.9. The third-order valence-corrected chi connectivity index (χ3v) is 7.40. The first-order valence-electron chi connectivity index (χ1n) is 9.84. The van der Waals surface area contributed by atoms with E-state index in [1.165, 1.54) is 15.6 Å². The standard InChI is InChI=1S/C24H22O2S/c1-2-14-7-8-15(20-13-27-21-6-4-3-5-18(20)21)12-19(14)22-23(25)16-9-10-17(11-16)24(22)26/h3-8,12-13,16-17,22H,2,9-11H2,1H3/t16-,17+,22?. The highest BCUT2D eigenvalue weighted by atomic mass is 32.1. The number of hydrogen-bond donors (Lipinski definition) is 0. The van der Waals surface area contributed by atoms with Gasteiger partial charge in [-0.1, -0.05) is 37.3 Å². The smallest absolute Gasteiger partial charge is 0.150 e. The van der Waals surface area contributed by atoms with Gasteiger partial charge in [0, 0.05) is 27.5 Å². The van der Waals surface area contributed by atoms with Crippen molar-refractivity contribution >= 4 is 33.0 Å². The van der Waals surface area contributed by atoms with Crippen LogP contribution in [0.5, 0.6) is 0 Å². The lowest BCUT2D eigenvalue weighted by atomic mass is 9.73. The number of benzene rings is 2. The molecular formula is C24H22O2S. The van der Waals surface area contributed by atoms with E-state index in [1.54, 1.807) is 11.3 Å². The minimum absolute atomic E-state index is 0.0908. The van der Waals surface area contributed by atoms with Crippen LogP contribution in [0.2, 0.25) is 0 Å². The molecule has 2 aliphatic carbocycles. The number of carbonyl (C=O) groups excluding carboxylic acids is 2. The highest BCUT2D eigenvalue weighted by Gasteiger charge is 2.47. The number of carbonyl (C=O) groups is 2. The molecule has 3 heteroatoms. The van der Waals surface area contributed by atoms with Gasteiger partial charge in [-0.25, -0.2) is 0 Å². The van der Waals surface area contributed by atoms with Gasteiger partial charge in [0.1, 0.15) is 5.92 Å². The van der Waals surface area contributed by atoms with Crippen molar-refractivity contribution in [2.75, 3.05) is 0 Å². The van der Waals surface area contributed by atoms with E-state index < -0.39 is 5.92 Å². The molecule has 0 saturated heterocycles. The summed E-state index contributed by atoms with van der Waals surface area (Å²) < 4.78 is 1.26. The molecule has 1 unspecified atom stereocenters. The van der Waals surface area contributed by atoms with Crippen molar-refractivity contribution in [1.82, 2.24) is 0 Å². The second-order valence-electron chi connectivity index (χ2n) is 7.86. The number of hydrogen-bond acceptors (Lipinski definition) is 3. The van der Waals surface area contributed by atoms with Crippen LogP contribution in [0.3, 0.4) is 0 Å². The van der Waals surface area contributed by atoms with Crippen molar-refractivity contribution in [2.45, 2.75) is 38.5 Å². The normalized spacial score (nSPS) is 24.7. The average Bonchev–Trinajstić information content (AvgIpc) is 3.33. The maximum absolute atomic E-state index is 13.1. The number of rotatable bonds is 3. The van der Waals surface area contributed by atoms with Crippen LogP contribution in [0.1, 0.15) is 43.2 Å². The fourth-order valence-corrected chi connectivity index (χ4v) is 5.94. The fourth-order valence-electron chi connectivity index (χ4n) is 4.97. The van der Waals surface area contributed by atoms with Gasteiger partial charge >= 0.3 is 0 Å². The Labute approximate surface area is 163 Å². The van der Waals surface area contributed by atoms with Crippen LogP contribution in [-0.2, 0) is 16.0 Å². The van der Waals surface area contributed by atoms with Gasteiger partial charge in [-0.15, -0.1) is 11.3 Å². The molecule has 0 N–H and O–H groups in total. The van der Waals surface area contributed by atoms with Crippen molar-refractivity contribution in [3.05, 3.63) is 59.0 Å². The third-order valence-electron chi connectivity index (χ3n) is 6.44. The molecule has 0 aliphatic heterocycles. The molecule has 0 amide bonds. The van der Waals surface area contributed by atoms with Crippen LogP contribution in [-0.4, -0.2) is 11.6 Å². The zero-order chi connectivity index (χ0) is 18.5. The fraction of sp³-hybridized carbons (Fsp3) is 0.333. The number of thiophene rings is 1. The van der Waals surface area contributed by atoms with E-state index in [4.69, 9.17) is 0 Å². The third kappa shape index (κ3) is 2.60. The van der Waals surface area contributed by atoms with Gasteiger partial charge in [0.25, 0.3) is 0 Å². The van der Waals surface area contributed by atoms with E-state index in [-0.39, 0.29) is 23.4 Å². The zero-order valence-corrected chi connectivity index (χ0v) is 16.2. The molecule has 3 atom stereocenters. The highest BCUT2D eigenvalue weighted by molar-refractivity contribution is 7.17. The van der Waals surface area contributed by atoms with Gasteiger partial charge in [0.15, 0.2) is 11.6 Å². The van der Waals surface area contributed by atoms with Gasteiger partial charge in [-0.3, -0.25) is 9.59 Å². The zero-order valence-electron chi connectivity index (χ0n) is 15.4. The quantitative estimate of drug-likeness (QED) is 0.544. The first-order chi connectivity index (χ1) is 13.2. The van der Waals surface area contributed by atoms with Gasteiger partial charge < -0.3 is 0 Å². The van der Waals surface area contributed by atoms with Crippen molar-refractivity contribution in [3.8, 4) is 11.1 Å². The molecule has 2 aromatic carbocycles. The van der Waals surface area contributed by atoms with Crippen LogP contribution in [0.25, 0.3) is 21.2 Å². The number of fused-ring (bicyclic) bond motifs is 3. The Morgan fingerprint density at radius 3 is 2.48 bits per heavy atom. The van der Waals surface area contributed by atoms with Crippen LogP contribution in [0, 0.1) is 11.8 Å². The summed E-state index contributed by atoms with van der Waals surface area (Å²) in [5.74, 6) is -0.0383. The monoisotopic (exact) mass is 374 g/mol. The summed E-state index contributed by atoms with van der Waals surface area (Å²) in [6.07, 6.45) is 3.40. The van der Waals surface area contributed by atoms with E-state index in [1.807, 2.05) is 0 Å². The van der Waals surface area contributed by atoms with Crippen LogP contribution >= 0.6 is 11.3 Å². The molecule has 136 valence electrons. The summed E-state index contributed by atoms with van der Waals surface area (Å²) >= 11 is 1.74. The molecule has 2 bridgehead atoms. The minimum atomic E-state index is -0.545. The Hall–Kier alpha value is -2.26. The topological polar surface area (TPSA) is 34.1 Å². The lowest BCUT2D eigenvalue weighted by Crippen LogP contribution is -2.35. The number of aryl methyl sites for hydroxylation is 1. The Bertz CT molecular complexity index is 1040. The lowest BCUT2D eigenvalue weighted by molar-refractivity contribution is -0.135. The predicted molar refractivity (Wildman–Crippen MR) is 110 cm³/mol. The van der Waals surface area contributed by atoms with Crippen molar-refractivity contribution in [2.24, 2.45) is 11.8 Å². The molecule has 1 aromatic heterocycles. The first-order valence-corrected chi connectivity index (χ1v) is 10.7. The van der Waals surface area contributed by atoms with Crippen molar-refractivity contribution < 1.29 is 9.59 Å². The molecule has 2 saturated carbocycles. The van der Waals surface area contributed by atoms with Gasteiger partial charge in [0.2, 0.25) is 0 Å². The van der Waals surface area contributed by atoms with E-state index in [0.717, 1.165) is 42.4 Å². The Morgan fingerprint density at radius 1 is 1.00 bits per heavy atom. The number of Topliss-reactive ketones (excluding diaryl/α,β-unsaturated/α-hetero) is 2. The van der Waals surface area contributed by atoms with Gasteiger partial charge in [-0.05, 0) is 59.9 Å². The molecule has 2 fully saturated rings. The second-order valence-corrected chi connectivity index (χ2v) is 8.77. The predicted octanol–water partition coefficient (Wildman–Crippen LogP) is 5.78. The molecule has 5 rings (SSSR count). The van der Waals surface area contributed by atoms with Crippen LogP contribution in [0.15, 0.2) is 47.8 Å². The maximum atomic E-state index is 13.1. The average molecular weight is 375 g/mol. The van der Waals surface area contributed by atoms with E-state index in [9.17, 15) is 9.59 Å². The summed E-state index contributed by atoms with van der Waals surface area (Å²) in [7, 11) is 0. The van der Waals surface area contributed by atoms with E-state index in [0.29, 0.717) is 0 Å². The molecule has 0 radical (unpaired) electrons. The van der Waals surface area contributed by atoms with Crippen LogP contribution < -0.4 is 0 Å². The highest BCUT2D eigenvalue weighted by Crippen LogP contribution is 2.45. The second kappa shape index (κ2) is 6.42. The number of ketones is 2. The summed E-state index contributed by atoms with van der Waals surface area (Å²) in [4.78, 5) is 26.1. The minimum Gasteiger partial charge on any atom is -0.298 e. The molecule has 2 aliphatic rings. The largest absolute Gasteiger partial charge is 0.298 e. The summed E-state index contributed by atoms with van der Waals surface area (Å²) in [6, 6.07) is 14.8. The molecule has 1 heterocycles. The maximum Gasteiger partial charge on any atom is 0.150 e. The Balaban J connectivity index is 1.65. The SMILES string of the molecule is CCc1ccc(-c2csc3ccccc23)cc1C1C(=O)[C@@H]2CC[C@@H](C2)C1=O. The lowest BCUT2D eigenvalue weighted by Gasteiger charge is -2.27. The van der Waals surface area contributed by atoms with Gasteiger partial charge in [0.05, 0.1) is 0 Å². The summed E-state index contributed by atoms with van der Waals surface area (Å²) in [5, 5.41) is 3.42. The molecule has 3 aromatic rings. The van der Waals surface area contributed by atoms with Crippen LogP contribution in [0.4, 0.5) is 0 Å². The Morgan fingerprint density at radius 2 is 1.74 bits per heavy atom. The van der Waals surface area contributed by atoms with Crippen molar-refractivity contribution in [3.63, 3.8) is 0 Å². The molecule has 27 heavy (non-hydrogen) atoms. The molecule has 2 nitrogen and oxygen atoms in total. The van der Waals surface area contributed by atoms with E-state index in [2.05, 4.69) is 54.8 Å². The van der Waals surface area contributed by atoms with Gasteiger partial charge in [-0.2, -0.15) is 0 Å². The Kier molecular flexibility index (Phi) is 4.01. The van der Waals surface area contributed by atoms with Crippen molar-refractivity contribution in [1.29, 1.82) is 0 Å². The summed E-state index contributed by atoms with van der Waals surface area (Å²) in [6.45, 7) is 2.10. The molecule has 0 spiro atoms. The summed E-state index contributed by atoms with van der Waals surface area (Å²) in [5.41, 5.74) is 4.39.